The lowest BCUT2D eigenvalue weighted by Gasteiger charge is -2.39. The summed E-state index contributed by atoms with van der Waals surface area (Å²) in [6.07, 6.45) is 6.93. The highest BCUT2D eigenvalue weighted by Gasteiger charge is 2.51. The molecule has 3 saturated carbocycles. The van der Waals surface area contributed by atoms with Crippen molar-refractivity contribution >= 4 is 51.8 Å². The third-order valence-electron chi connectivity index (χ3n) is 8.97. The number of halogens is 1. The number of carbonyl (C=O) groups excluding carboxylic acids is 5. The predicted molar refractivity (Wildman–Crippen MR) is 144 cm³/mol. The van der Waals surface area contributed by atoms with E-state index in [-0.39, 0.29) is 35.5 Å². The van der Waals surface area contributed by atoms with E-state index < -0.39 is 29.7 Å². The maximum absolute atomic E-state index is 13.8. The molecule has 3 amide bonds. The molecule has 9 nitrogen and oxygen atoms in total. The Morgan fingerprint density at radius 1 is 1.13 bits per heavy atom. The first-order chi connectivity index (χ1) is 18.7. The highest BCUT2D eigenvalue weighted by atomic mass is 35.5. The number of nitrogens with zero attached hydrogens (tertiary/aromatic N) is 1. The second-order valence-corrected chi connectivity index (χ2v) is 12.2. The fourth-order valence-corrected chi connectivity index (χ4v) is 6.42. The number of likely N-dealkylation sites (tertiary alicyclic amines) is 1. The van der Waals surface area contributed by atoms with Crippen LogP contribution in [0.3, 0.4) is 0 Å². The van der Waals surface area contributed by atoms with Crippen molar-refractivity contribution in [1.29, 1.82) is 0 Å². The first-order valence-electron chi connectivity index (χ1n) is 14.0. The molecule has 0 bridgehead atoms. The molecule has 39 heavy (non-hydrogen) atoms. The van der Waals surface area contributed by atoms with E-state index in [4.69, 9.17) is 11.6 Å². The standard InChI is InChI=1S/C29H33ClN4O5/c30-19-4-2-5-20-18(19)14-22(32-20)28(39)34-12-11-29(9-10-29)15-23(34)26(37)33-21(13-16-3-1-6-24(16)35)25(36)27(38)31-17-7-8-17/h2,4-5,14,16-17,21,23,32H,1,3,6-13,15H2,(H,31,38)(H,33,37). The first-order valence-corrected chi connectivity index (χ1v) is 14.4. The van der Waals surface area contributed by atoms with Gasteiger partial charge in [-0.3, -0.25) is 24.0 Å². The molecule has 3 aliphatic carbocycles. The van der Waals surface area contributed by atoms with Crippen LogP contribution >= 0.6 is 11.6 Å². The lowest BCUT2D eigenvalue weighted by atomic mass is 9.86. The highest BCUT2D eigenvalue weighted by Crippen LogP contribution is 2.55. The molecule has 3 N–H and O–H groups in total. The van der Waals surface area contributed by atoms with Crippen LogP contribution in [-0.2, 0) is 19.2 Å². The third-order valence-corrected chi connectivity index (χ3v) is 9.30. The maximum atomic E-state index is 13.8. The number of rotatable bonds is 8. The van der Waals surface area contributed by atoms with E-state index in [9.17, 15) is 24.0 Å². The highest BCUT2D eigenvalue weighted by molar-refractivity contribution is 6.38. The van der Waals surface area contributed by atoms with Gasteiger partial charge in [-0.2, -0.15) is 0 Å². The Bertz CT molecular complexity index is 1360. The van der Waals surface area contributed by atoms with Crippen molar-refractivity contribution in [1.82, 2.24) is 20.5 Å². The van der Waals surface area contributed by atoms with Gasteiger partial charge in [0.25, 0.3) is 11.8 Å². The Kier molecular flexibility index (Phi) is 6.73. The van der Waals surface area contributed by atoms with Crippen molar-refractivity contribution in [3.05, 3.63) is 35.0 Å². The van der Waals surface area contributed by atoms with Gasteiger partial charge in [-0.05, 0) is 81.4 Å². The molecule has 1 spiro atoms. The monoisotopic (exact) mass is 552 g/mol. The minimum atomic E-state index is -1.11. The van der Waals surface area contributed by atoms with Crippen LogP contribution in [-0.4, -0.2) is 63.8 Å². The van der Waals surface area contributed by atoms with Crippen LogP contribution in [0.15, 0.2) is 24.3 Å². The Morgan fingerprint density at radius 2 is 1.92 bits per heavy atom. The van der Waals surface area contributed by atoms with Gasteiger partial charge >= 0.3 is 0 Å². The fourth-order valence-electron chi connectivity index (χ4n) is 6.20. The smallest absolute Gasteiger partial charge is 0.289 e. The normalized spacial score (nSPS) is 24.5. The summed E-state index contributed by atoms with van der Waals surface area (Å²) in [7, 11) is 0. The van der Waals surface area contributed by atoms with E-state index in [1.807, 2.05) is 6.07 Å². The number of aromatic amines is 1. The molecule has 3 atom stereocenters. The topological polar surface area (TPSA) is 128 Å². The van der Waals surface area contributed by atoms with Crippen LogP contribution in [0.25, 0.3) is 10.9 Å². The molecule has 10 heteroatoms. The molecule has 1 aromatic heterocycles. The molecule has 4 fully saturated rings. The van der Waals surface area contributed by atoms with Crippen molar-refractivity contribution in [2.75, 3.05) is 6.54 Å². The molecule has 1 aliphatic heterocycles. The molecule has 6 rings (SSSR count). The van der Waals surface area contributed by atoms with Gasteiger partial charge in [0.2, 0.25) is 11.7 Å². The van der Waals surface area contributed by atoms with E-state index >= 15 is 0 Å². The third kappa shape index (κ3) is 5.33. The molecule has 2 heterocycles. The Hall–Kier alpha value is -3.20. The number of fused-ring (bicyclic) bond motifs is 1. The zero-order valence-electron chi connectivity index (χ0n) is 21.8. The second kappa shape index (κ2) is 10.1. The number of piperidine rings is 1. The van der Waals surface area contributed by atoms with Gasteiger partial charge in [-0.1, -0.05) is 17.7 Å². The lowest BCUT2D eigenvalue weighted by molar-refractivity contribution is -0.141. The van der Waals surface area contributed by atoms with Gasteiger partial charge in [0.05, 0.1) is 6.04 Å². The first kappa shape index (κ1) is 26.0. The van der Waals surface area contributed by atoms with Crippen molar-refractivity contribution in [2.24, 2.45) is 11.3 Å². The van der Waals surface area contributed by atoms with Gasteiger partial charge < -0.3 is 20.5 Å². The zero-order valence-corrected chi connectivity index (χ0v) is 22.5. The molecule has 206 valence electrons. The Labute approximate surface area is 231 Å². The molecule has 0 radical (unpaired) electrons. The fraction of sp³-hybridized carbons (Fsp3) is 0.552. The number of H-pyrrole nitrogens is 1. The predicted octanol–water partition coefficient (Wildman–Crippen LogP) is 3.30. The van der Waals surface area contributed by atoms with Gasteiger partial charge in [0, 0.05) is 40.9 Å². The van der Waals surface area contributed by atoms with E-state index in [1.54, 1.807) is 23.1 Å². The molecule has 3 unspecified atom stereocenters. The Morgan fingerprint density at radius 3 is 2.59 bits per heavy atom. The number of aromatic nitrogens is 1. The van der Waals surface area contributed by atoms with Crippen LogP contribution in [0.5, 0.6) is 0 Å². The van der Waals surface area contributed by atoms with Crippen molar-refractivity contribution in [2.45, 2.75) is 82.3 Å². The Balaban J connectivity index is 1.24. The van der Waals surface area contributed by atoms with Crippen molar-refractivity contribution in [3.63, 3.8) is 0 Å². The summed E-state index contributed by atoms with van der Waals surface area (Å²) in [6.45, 7) is 0.419. The van der Waals surface area contributed by atoms with Gasteiger partial charge in [0.1, 0.15) is 17.5 Å². The second-order valence-electron chi connectivity index (χ2n) is 11.8. The van der Waals surface area contributed by atoms with Crippen LogP contribution in [0.1, 0.15) is 74.7 Å². The summed E-state index contributed by atoms with van der Waals surface area (Å²) in [5.41, 5.74) is 1.11. The minimum Gasteiger partial charge on any atom is -0.350 e. The van der Waals surface area contributed by atoms with Crippen LogP contribution in [0.2, 0.25) is 5.02 Å². The molecule has 4 aliphatic rings. The number of nitrogens with one attached hydrogen (secondary N) is 3. The van der Waals surface area contributed by atoms with E-state index in [1.165, 1.54) is 0 Å². The van der Waals surface area contributed by atoms with Crippen LogP contribution < -0.4 is 10.6 Å². The molecule has 1 aromatic carbocycles. The molecular formula is C29H33ClN4O5. The molecular weight excluding hydrogens is 520 g/mol. The average molecular weight is 553 g/mol. The number of hydrogen-bond donors (Lipinski definition) is 3. The summed E-state index contributed by atoms with van der Waals surface area (Å²) >= 11 is 6.32. The molecule has 1 saturated heterocycles. The lowest BCUT2D eigenvalue weighted by Crippen LogP contribution is -2.58. The van der Waals surface area contributed by atoms with Gasteiger partial charge in [0.15, 0.2) is 0 Å². The number of carbonyl (C=O) groups is 5. The quantitative estimate of drug-likeness (QED) is 0.433. The van der Waals surface area contributed by atoms with Crippen molar-refractivity contribution in [3.8, 4) is 0 Å². The summed E-state index contributed by atoms with van der Waals surface area (Å²) in [4.78, 5) is 70.4. The minimum absolute atomic E-state index is 0.00286. The largest absolute Gasteiger partial charge is 0.350 e. The summed E-state index contributed by atoms with van der Waals surface area (Å²) < 4.78 is 0. The van der Waals surface area contributed by atoms with Crippen LogP contribution in [0.4, 0.5) is 0 Å². The van der Waals surface area contributed by atoms with Crippen molar-refractivity contribution < 1.29 is 24.0 Å². The number of ketones is 2. The average Bonchev–Trinajstić information content (AvgIpc) is 3.80. The SMILES string of the molecule is O=C(NC1CC1)C(=O)C(CC1CCCC1=O)NC(=O)C1CC2(CCN1C(=O)c1cc3c(Cl)cccc3[nH]1)CC2. The molecule has 2 aromatic rings. The zero-order chi connectivity index (χ0) is 27.3. The summed E-state index contributed by atoms with van der Waals surface area (Å²) in [5.74, 6) is -2.50. The van der Waals surface area contributed by atoms with E-state index in [0.717, 1.165) is 49.4 Å². The number of amides is 3. The van der Waals surface area contributed by atoms with E-state index in [0.29, 0.717) is 36.5 Å². The van der Waals surface area contributed by atoms with E-state index in [2.05, 4.69) is 15.6 Å². The number of hydrogen-bond acceptors (Lipinski definition) is 5. The van der Waals surface area contributed by atoms with Gasteiger partial charge in [-0.25, -0.2) is 0 Å². The summed E-state index contributed by atoms with van der Waals surface area (Å²) in [5, 5.41) is 6.78. The van der Waals surface area contributed by atoms with Gasteiger partial charge in [-0.15, -0.1) is 0 Å². The number of Topliss-reactive ketones (excluding diaryl/α,β-unsaturated/α-hetero) is 2. The number of benzene rings is 1. The summed E-state index contributed by atoms with van der Waals surface area (Å²) in [6, 6.07) is 5.21. The maximum Gasteiger partial charge on any atom is 0.289 e. The van der Waals surface area contributed by atoms with Crippen LogP contribution in [0, 0.1) is 11.3 Å².